The van der Waals surface area contributed by atoms with Crippen LogP contribution in [0.15, 0.2) is 47.4 Å². The molecule has 2 aromatic carbocycles. The zero-order chi connectivity index (χ0) is 14.5. The molecule has 0 bridgehead atoms. The molecule has 0 radical (unpaired) electrons. The molecule has 0 aliphatic heterocycles. The van der Waals surface area contributed by atoms with Crippen molar-refractivity contribution in [3.8, 4) is 0 Å². The molecule has 2 aromatic rings. The van der Waals surface area contributed by atoms with E-state index in [4.69, 9.17) is 0 Å². The lowest BCUT2D eigenvalue weighted by Gasteiger charge is -2.06. The number of nitrogens with zero attached hydrogens (tertiary/aromatic N) is 1. The Labute approximate surface area is 121 Å². The maximum absolute atomic E-state index is 10.9. The van der Waals surface area contributed by atoms with E-state index < -0.39 is 0 Å². The van der Waals surface area contributed by atoms with Gasteiger partial charge in [0.05, 0.1) is 4.92 Å². The number of nitro benzene ring substituents is 1. The van der Waals surface area contributed by atoms with Crippen LogP contribution in [-0.4, -0.2) is 11.2 Å². The lowest BCUT2D eigenvalue weighted by molar-refractivity contribution is -0.385. The summed E-state index contributed by atoms with van der Waals surface area (Å²) in [5, 5.41) is 10.9. The van der Waals surface area contributed by atoms with E-state index >= 15 is 0 Å². The number of rotatable bonds is 5. The number of aldehydes is 1. The first-order valence-electron chi connectivity index (χ1n) is 6.02. The molecule has 20 heavy (non-hydrogen) atoms. The van der Waals surface area contributed by atoms with Crippen LogP contribution >= 0.6 is 11.8 Å². The van der Waals surface area contributed by atoms with Gasteiger partial charge in [-0.3, -0.25) is 14.9 Å². The Morgan fingerprint density at radius 3 is 2.70 bits per heavy atom. The van der Waals surface area contributed by atoms with E-state index in [1.807, 2.05) is 24.3 Å². The summed E-state index contributed by atoms with van der Waals surface area (Å²) < 4.78 is 0. The smallest absolute Gasteiger partial charge is 0.272 e. The third-order valence-electron chi connectivity index (χ3n) is 3.00. The molecule has 0 saturated heterocycles. The van der Waals surface area contributed by atoms with Crippen molar-refractivity contribution in [2.75, 3.05) is 0 Å². The van der Waals surface area contributed by atoms with Crippen LogP contribution in [0.1, 0.15) is 21.5 Å². The van der Waals surface area contributed by atoms with Gasteiger partial charge in [0.2, 0.25) is 0 Å². The van der Waals surface area contributed by atoms with E-state index in [0.717, 1.165) is 16.7 Å². The molecular formula is C15H13NO3S. The Morgan fingerprint density at radius 2 is 2.00 bits per heavy atom. The van der Waals surface area contributed by atoms with Gasteiger partial charge in [-0.2, -0.15) is 0 Å². The fraction of sp³-hybridized carbons (Fsp3) is 0.133. The van der Waals surface area contributed by atoms with Gasteiger partial charge in [-0.05, 0) is 24.6 Å². The first-order valence-corrected chi connectivity index (χ1v) is 7.01. The van der Waals surface area contributed by atoms with Crippen molar-refractivity contribution in [3.63, 3.8) is 0 Å². The largest absolute Gasteiger partial charge is 0.298 e. The molecule has 0 N–H and O–H groups in total. The minimum atomic E-state index is -0.365. The fourth-order valence-corrected chi connectivity index (χ4v) is 2.89. The highest BCUT2D eigenvalue weighted by atomic mass is 32.2. The number of benzene rings is 2. The van der Waals surface area contributed by atoms with Crippen LogP contribution in [0, 0.1) is 17.0 Å². The van der Waals surface area contributed by atoms with Crippen molar-refractivity contribution < 1.29 is 9.72 Å². The fourth-order valence-electron chi connectivity index (χ4n) is 1.86. The van der Waals surface area contributed by atoms with Crippen LogP contribution in [0.5, 0.6) is 0 Å². The zero-order valence-corrected chi connectivity index (χ0v) is 11.7. The van der Waals surface area contributed by atoms with Crippen molar-refractivity contribution in [2.24, 2.45) is 0 Å². The normalized spacial score (nSPS) is 10.2. The molecule has 0 aromatic heterocycles. The first kappa shape index (κ1) is 14.3. The first-order chi connectivity index (χ1) is 9.61. The van der Waals surface area contributed by atoms with Crippen molar-refractivity contribution >= 4 is 23.7 Å². The molecule has 0 unspecified atom stereocenters. The van der Waals surface area contributed by atoms with Crippen molar-refractivity contribution in [1.82, 2.24) is 0 Å². The summed E-state index contributed by atoms with van der Waals surface area (Å²) in [5.74, 6) is 0.635. The second kappa shape index (κ2) is 6.34. The van der Waals surface area contributed by atoms with Gasteiger partial charge in [-0.25, -0.2) is 0 Å². The van der Waals surface area contributed by atoms with Crippen LogP contribution in [-0.2, 0) is 5.75 Å². The molecule has 4 nitrogen and oxygen atoms in total. The molecule has 0 aliphatic rings. The number of thioether (sulfide) groups is 1. The quantitative estimate of drug-likeness (QED) is 0.361. The Morgan fingerprint density at radius 1 is 1.25 bits per heavy atom. The SMILES string of the molecule is Cc1c(CSc2cccc(C=O)c2)cccc1[N+](=O)[O-]. The van der Waals surface area contributed by atoms with Crippen LogP contribution in [0.2, 0.25) is 0 Å². The van der Waals surface area contributed by atoms with Gasteiger partial charge in [0.15, 0.2) is 0 Å². The van der Waals surface area contributed by atoms with Crippen LogP contribution in [0.3, 0.4) is 0 Å². The van der Waals surface area contributed by atoms with Gasteiger partial charge < -0.3 is 0 Å². The summed E-state index contributed by atoms with van der Waals surface area (Å²) in [5.41, 5.74) is 2.40. The summed E-state index contributed by atoms with van der Waals surface area (Å²) >= 11 is 1.56. The highest BCUT2D eigenvalue weighted by molar-refractivity contribution is 7.98. The molecule has 0 fully saturated rings. The summed E-state index contributed by atoms with van der Waals surface area (Å²) in [7, 11) is 0. The van der Waals surface area contributed by atoms with Crippen molar-refractivity contribution in [3.05, 3.63) is 69.3 Å². The van der Waals surface area contributed by atoms with Gasteiger partial charge in [0, 0.05) is 27.8 Å². The molecule has 0 aliphatic carbocycles. The molecule has 0 saturated carbocycles. The number of carbonyl (C=O) groups excluding carboxylic acids is 1. The standard InChI is InChI=1S/C15H13NO3S/c1-11-13(5-3-7-15(11)16(18)19)10-20-14-6-2-4-12(8-14)9-17/h2-9H,10H2,1H3. The van der Waals surface area contributed by atoms with E-state index in [1.165, 1.54) is 6.07 Å². The highest BCUT2D eigenvalue weighted by Crippen LogP contribution is 2.28. The topological polar surface area (TPSA) is 60.2 Å². The Hall–Kier alpha value is -2.14. The molecule has 2 rings (SSSR count). The van der Waals surface area contributed by atoms with Crippen molar-refractivity contribution in [1.29, 1.82) is 0 Å². The lowest BCUT2D eigenvalue weighted by atomic mass is 10.1. The monoisotopic (exact) mass is 287 g/mol. The maximum Gasteiger partial charge on any atom is 0.272 e. The van der Waals surface area contributed by atoms with E-state index in [1.54, 1.807) is 30.8 Å². The van der Waals surface area contributed by atoms with E-state index in [9.17, 15) is 14.9 Å². The van der Waals surface area contributed by atoms with Gasteiger partial charge >= 0.3 is 0 Å². The Balaban J connectivity index is 2.16. The predicted molar refractivity (Wildman–Crippen MR) is 79.2 cm³/mol. The maximum atomic E-state index is 10.9. The van der Waals surface area contributed by atoms with Crippen LogP contribution in [0.4, 0.5) is 5.69 Å². The summed E-state index contributed by atoms with van der Waals surface area (Å²) in [6.07, 6.45) is 0.808. The van der Waals surface area contributed by atoms with E-state index in [0.29, 0.717) is 16.9 Å². The van der Waals surface area contributed by atoms with Crippen molar-refractivity contribution in [2.45, 2.75) is 17.6 Å². The third-order valence-corrected chi connectivity index (χ3v) is 4.05. The molecule has 5 heteroatoms. The molecular weight excluding hydrogens is 274 g/mol. The number of carbonyl (C=O) groups is 1. The van der Waals surface area contributed by atoms with E-state index in [2.05, 4.69) is 0 Å². The van der Waals surface area contributed by atoms with E-state index in [-0.39, 0.29) is 10.6 Å². The molecule has 0 spiro atoms. The minimum absolute atomic E-state index is 0.143. The highest BCUT2D eigenvalue weighted by Gasteiger charge is 2.13. The Kier molecular flexibility index (Phi) is 4.53. The van der Waals surface area contributed by atoms with Crippen LogP contribution in [0.25, 0.3) is 0 Å². The predicted octanol–water partition coefficient (Wildman–Crippen LogP) is 4.01. The second-order valence-corrected chi connectivity index (χ2v) is 5.35. The summed E-state index contributed by atoms with van der Waals surface area (Å²) in [6.45, 7) is 1.76. The minimum Gasteiger partial charge on any atom is -0.298 e. The van der Waals surface area contributed by atoms with Gasteiger partial charge in [0.1, 0.15) is 6.29 Å². The molecule has 0 amide bonds. The molecule has 102 valence electrons. The molecule has 0 heterocycles. The Bertz CT molecular complexity index is 655. The van der Waals surface area contributed by atoms with Gasteiger partial charge in [0.25, 0.3) is 5.69 Å². The summed E-state index contributed by atoms with van der Waals surface area (Å²) in [4.78, 5) is 22.2. The summed E-state index contributed by atoms with van der Waals surface area (Å²) in [6, 6.07) is 12.4. The number of hydrogen-bond donors (Lipinski definition) is 0. The van der Waals surface area contributed by atoms with Gasteiger partial charge in [-0.15, -0.1) is 11.8 Å². The number of hydrogen-bond acceptors (Lipinski definition) is 4. The third kappa shape index (κ3) is 3.24. The van der Waals surface area contributed by atoms with Crippen LogP contribution < -0.4 is 0 Å². The van der Waals surface area contributed by atoms with Gasteiger partial charge in [-0.1, -0.05) is 24.3 Å². The zero-order valence-electron chi connectivity index (χ0n) is 10.9. The lowest BCUT2D eigenvalue weighted by Crippen LogP contribution is -1.95. The average molecular weight is 287 g/mol. The number of nitro groups is 1. The average Bonchev–Trinajstić information content (AvgIpc) is 2.46. The second-order valence-electron chi connectivity index (χ2n) is 4.30. The molecule has 0 atom stereocenters.